The number of H-pyrrole nitrogens is 1. The van der Waals surface area contributed by atoms with Gasteiger partial charge in [0, 0.05) is 15.8 Å². The van der Waals surface area contributed by atoms with E-state index < -0.39 is 5.97 Å². The molecule has 0 atom stereocenters. The molecule has 2 heterocycles. The number of aryl methyl sites for hydroxylation is 1. The van der Waals surface area contributed by atoms with E-state index in [-0.39, 0.29) is 12.2 Å². The maximum atomic E-state index is 13.4. The number of aromatic amines is 1. The van der Waals surface area contributed by atoms with Crippen molar-refractivity contribution in [2.75, 3.05) is 0 Å². The normalized spacial score (nSPS) is 11.1. The van der Waals surface area contributed by atoms with Gasteiger partial charge >= 0.3 is 5.97 Å². The van der Waals surface area contributed by atoms with Crippen LogP contribution in [0.3, 0.4) is 0 Å². The molecule has 0 saturated carbocycles. The maximum Gasteiger partial charge on any atom is 0.307 e. The molecular weight excluding hydrogens is 277 g/mol. The highest BCUT2D eigenvalue weighted by molar-refractivity contribution is 7.15. The molecule has 0 aliphatic heterocycles. The van der Waals surface area contributed by atoms with Crippen LogP contribution in [0.25, 0.3) is 21.5 Å². The van der Waals surface area contributed by atoms with E-state index in [0.717, 1.165) is 21.0 Å². The number of nitrogens with one attached hydrogen (secondary N) is 1. The lowest BCUT2D eigenvalue weighted by Gasteiger charge is -2.00. The second kappa shape index (κ2) is 4.76. The van der Waals surface area contributed by atoms with Gasteiger partial charge in [0.25, 0.3) is 0 Å². The zero-order valence-electron chi connectivity index (χ0n) is 10.7. The molecular formula is C15H12FNO2S. The molecule has 5 heteroatoms. The fraction of sp³-hybridized carbons (Fsp3) is 0.133. The molecule has 0 radical (unpaired) electrons. The lowest BCUT2D eigenvalue weighted by atomic mass is 10.1. The molecule has 102 valence electrons. The van der Waals surface area contributed by atoms with Crippen LogP contribution in [0.2, 0.25) is 0 Å². The monoisotopic (exact) mass is 289 g/mol. The summed E-state index contributed by atoms with van der Waals surface area (Å²) in [4.78, 5) is 16.4. The average Bonchev–Trinajstić information content (AvgIpc) is 2.94. The van der Waals surface area contributed by atoms with Gasteiger partial charge in [0.05, 0.1) is 17.0 Å². The maximum absolute atomic E-state index is 13.4. The number of carboxylic acid groups (broad SMARTS) is 1. The molecule has 2 aromatic heterocycles. The molecule has 20 heavy (non-hydrogen) atoms. The average molecular weight is 289 g/mol. The number of aromatic nitrogens is 1. The van der Waals surface area contributed by atoms with E-state index in [0.29, 0.717) is 10.9 Å². The lowest BCUT2D eigenvalue weighted by molar-refractivity contribution is -0.136. The van der Waals surface area contributed by atoms with Crippen LogP contribution in [0.1, 0.15) is 10.4 Å². The zero-order valence-corrected chi connectivity index (χ0v) is 11.6. The molecule has 0 spiro atoms. The summed E-state index contributed by atoms with van der Waals surface area (Å²) in [6.07, 6.45) is -0.129. The second-order valence-corrected chi connectivity index (χ2v) is 5.94. The summed E-state index contributed by atoms with van der Waals surface area (Å²) in [5, 5.41) is 9.72. The van der Waals surface area contributed by atoms with Crippen LogP contribution in [-0.4, -0.2) is 16.1 Å². The first-order valence-electron chi connectivity index (χ1n) is 6.13. The second-order valence-electron chi connectivity index (χ2n) is 4.65. The minimum atomic E-state index is -0.926. The van der Waals surface area contributed by atoms with E-state index in [4.69, 9.17) is 5.11 Å². The Morgan fingerprint density at radius 1 is 1.35 bits per heavy atom. The summed E-state index contributed by atoms with van der Waals surface area (Å²) in [5.74, 6) is -1.29. The Bertz CT molecular complexity index is 803. The van der Waals surface area contributed by atoms with E-state index in [9.17, 15) is 9.18 Å². The molecule has 0 fully saturated rings. The minimum Gasteiger partial charge on any atom is -0.481 e. The molecule has 0 aliphatic carbocycles. The van der Waals surface area contributed by atoms with Gasteiger partial charge in [-0.25, -0.2) is 4.39 Å². The Labute approximate surface area is 118 Å². The van der Waals surface area contributed by atoms with Gasteiger partial charge in [-0.05, 0) is 42.8 Å². The van der Waals surface area contributed by atoms with Gasteiger partial charge in [0.2, 0.25) is 0 Å². The number of fused-ring (bicyclic) bond motifs is 1. The van der Waals surface area contributed by atoms with Gasteiger partial charge in [0.1, 0.15) is 5.82 Å². The van der Waals surface area contributed by atoms with Crippen LogP contribution >= 0.6 is 11.3 Å². The van der Waals surface area contributed by atoms with Crippen LogP contribution in [0.15, 0.2) is 30.3 Å². The van der Waals surface area contributed by atoms with Gasteiger partial charge in [0.15, 0.2) is 0 Å². The van der Waals surface area contributed by atoms with Gasteiger partial charge in [-0.15, -0.1) is 11.3 Å². The fourth-order valence-corrected chi connectivity index (χ4v) is 3.23. The molecule has 2 N–H and O–H groups in total. The van der Waals surface area contributed by atoms with Crippen LogP contribution in [0.5, 0.6) is 0 Å². The number of carbonyl (C=O) groups is 1. The minimum absolute atomic E-state index is 0.129. The van der Waals surface area contributed by atoms with Crippen LogP contribution in [0, 0.1) is 12.7 Å². The van der Waals surface area contributed by atoms with Crippen molar-refractivity contribution >= 4 is 28.2 Å². The number of aliphatic carboxylic acids is 1. The highest BCUT2D eigenvalue weighted by Crippen LogP contribution is 2.35. The standard InChI is InChI=1S/C15H12FNO2S/c1-8-2-5-13(20-8)15-11(7-14(18)19)10-6-9(16)3-4-12(10)17-15/h2-6,17H,7H2,1H3,(H,18,19). The summed E-state index contributed by atoms with van der Waals surface area (Å²) in [6.45, 7) is 1.99. The number of thiophene rings is 1. The number of rotatable bonds is 3. The number of benzene rings is 1. The predicted molar refractivity (Wildman–Crippen MR) is 77.6 cm³/mol. The third-order valence-electron chi connectivity index (χ3n) is 3.18. The number of hydrogen-bond donors (Lipinski definition) is 2. The van der Waals surface area contributed by atoms with Crippen LogP contribution < -0.4 is 0 Å². The largest absolute Gasteiger partial charge is 0.481 e. The third-order valence-corrected chi connectivity index (χ3v) is 4.20. The van der Waals surface area contributed by atoms with E-state index in [1.54, 1.807) is 17.4 Å². The Kier molecular flexibility index (Phi) is 3.06. The summed E-state index contributed by atoms with van der Waals surface area (Å²) >= 11 is 1.58. The van der Waals surface area contributed by atoms with Crippen molar-refractivity contribution < 1.29 is 14.3 Å². The topological polar surface area (TPSA) is 53.1 Å². The lowest BCUT2D eigenvalue weighted by Crippen LogP contribution is -2.00. The summed E-state index contributed by atoms with van der Waals surface area (Å²) in [6, 6.07) is 8.32. The van der Waals surface area contributed by atoms with Crippen molar-refractivity contribution in [3.8, 4) is 10.6 Å². The Balaban J connectivity index is 2.27. The molecule has 0 saturated heterocycles. The van der Waals surface area contributed by atoms with Crippen LogP contribution in [-0.2, 0) is 11.2 Å². The van der Waals surface area contributed by atoms with Crippen molar-refractivity contribution in [2.45, 2.75) is 13.3 Å². The molecule has 1 aromatic carbocycles. The molecule has 3 nitrogen and oxygen atoms in total. The Morgan fingerprint density at radius 3 is 2.80 bits per heavy atom. The smallest absolute Gasteiger partial charge is 0.307 e. The Hall–Kier alpha value is -2.14. The molecule has 0 bridgehead atoms. The predicted octanol–water partition coefficient (Wildman–Crippen LogP) is 3.97. The zero-order chi connectivity index (χ0) is 14.3. The molecule has 0 unspecified atom stereocenters. The quantitative estimate of drug-likeness (QED) is 0.766. The van der Waals surface area contributed by atoms with Gasteiger partial charge in [-0.2, -0.15) is 0 Å². The van der Waals surface area contributed by atoms with Crippen molar-refractivity contribution in [1.29, 1.82) is 0 Å². The van der Waals surface area contributed by atoms with Gasteiger partial charge in [-0.1, -0.05) is 0 Å². The number of halogens is 1. The molecule has 3 rings (SSSR count). The Morgan fingerprint density at radius 2 is 2.15 bits per heavy atom. The number of carboxylic acids is 1. The summed E-state index contributed by atoms with van der Waals surface area (Å²) in [7, 11) is 0. The van der Waals surface area contributed by atoms with E-state index in [1.165, 1.54) is 12.1 Å². The van der Waals surface area contributed by atoms with Gasteiger partial charge in [-0.3, -0.25) is 4.79 Å². The third kappa shape index (κ3) is 2.20. The van der Waals surface area contributed by atoms with Crippen molar-refractivity contribution in [3.05, 3.63) is 46.6 Å². The number of hydrogen-bond acceptors (Lipinski definition) is 2. The summed E-state index contributed by atoms with van der Waals surface area (Å²) in [5.41, 5.74) is 2.16. The highest BCUT2D eigenvalue weighted by atomic mass is 32.1. The highest BCUT2D eigenvalue weighted by Gasteiger charge is 2.17. The van der Waals surface area contributed by atoms with Crippen LogP contribution in [0.4, 0.5) is 4.39 Å². The first-order valence-corrected chi connectivity index (χ1v) is 6.95. The first kappa shape index (κ1) is 12.9. The van der Waals surface area contributed by atoms with E-state index >= 15 is 0 Å². The van der Waals surface area contributed by atoms with E-state index in [2.05, 4.69) is 4.98 Å². The van der Waals surface area contributed by atoms with Crippen molar-refractivity contribution in [3.63, 3.8) is 0 Å². The van der Waals surface area contributed by atoms with E-state index in [1.807, 2.05) is 19.1 Å². The summed E-state index contributed by atoms with van der Waals surface area (Å²) < 4.78 is 13.4. The molecule has 3 aromatic rings. The van der Waals surface area contributed by atoms with Crippen molar-refractivity contribution in [2.24, 2.45) is 0 Å². The molecule has 0 amide bonds. The SMILES string of the molecule is Cc1ccc(-c2[nH]c3ccc(F)cc3c2CC(=O)O)s1. The van der Waals surface area contributed by atoms with Gasteiger partial charge < -0.3 is 10.1 Å². The first-order chi connectivity index (χ1) is 9.54. The fourth-order valence-electron chi connectivity index (χ4n) is 2.33. The van der Waals surface area contributed by atoms with Crippen molar-refractivity contribution in [1.82, 2.24) is 4.98 Å². The molecule has 0 aliphatic rings.